The maximum Gasteiger partial charge on any atom is 0.308 e. The van der Waals surface area contributed by atoms with Gasteiger partial charge in [0.25, 0.3) is 0 Å². The van der Waals surface area contributed by atoms with Gasteiger partial charge in [0.15, 0.2) is 0 Å². The average Bonchev–Trinajstić information content (AvgIpc) is 2.88. The van der Waals surface area contributed by atoms with Crippen LogP contribution in [0.25, 0.3) is 0 Å². The van der Waals surface area contributed by atoms with Crippen molar-refractivity contribution in [2.45, 2.75) is 92.8 Å². The van der Waals surface area contributed by atoms with Gasteiger partial charge in [-0.25, -0.2) is 14.4 Å². The Morgan fingerprint density at radius 1 is 0.773 bits per heavy atom. The van der Waals surface area contributed by atoms with E-state index in [-0.39, 0.29) is 29.7 Å². The normalized spacial score (nSPS) is 19.6. The molecule has 0 radical (unpaired) electrons. The van der Waals surface area contributed by atoms with Gasteiger partial charge in [-0.05, 0) is 81.7 Å². The summed E-state index contributed by atoms with van der Waals surface area (Å²) in [4.78, 5) is 42.7. The number of rotatable bonds is 4. The molecule has 3 unspecified atom stereocenters. The van der Waals surface area contributed by atoms with Crippen molar-refractivity contribution in [3.63, 3.8) is 0 Å². The predicted octanol–water partition coefficient (Wildman–Crippen LogP) is 3.07. The van der Waals surface area contributed by atoms with E-state index in [1.165, 1.54) is 23.6 Å². The van der Waals surface area contributed by atoms with Crippen molar-refractivity contribution in [2.24, 2.45) is 0 Å². The number of benzene rings is 1. The maximum absolute atomic E-state index is 10.7. The topological polar surface area (TPSA) is 130 Å². The van der Waals surface area contributed by atoms with Gasteiger partial charge >= 0.3 is 17.7 Å². The summed E-state index contributed by atoms with van der Waals surface area (Å²) in [6, 6.07) is 8.61. The highest BCUT2D eigenvalue weighted by molar-refractivity contribution is 5.88. The van der Waals surface area contributed by atoms with E-state index in [0.29, 0.717) is 12.1 Å². The molecule has 4 amide bonds. The molecule has 3 atom stereocenters. The summed E-state index contributed by atoms with van der Waals surface area (Å²) in [5.41, 5.74) is 5.94. The number of allylic oxidation sites excluding steroid dienone is 6. The lowest BCUT2D eigenvalue weighted by Gasteiger charge is -2.12. The Morgan fingerprint density at radius 2 is 1.43 bits per heavy atom. The summed E-state index contributed by atoms with van der Waals surface area (Å²) < 4.78 is 0. The molecule has 0 aliphatic heterocycles. The second-order valence-electron chi connectivity index (χ2n) is 11.6. The first-order chi connectivity index (χ1) is 20.7. The first-order valence-electron chi connectivity index (χ1n) is 15.2. The molecule has 4 rings (SSSR count). The molecule has 7 N–H and O–H groups in total. The lowest BCUT2D eigenvalue weighted by molar-refractivity contribution is -0.593. The molecule has 0 saturated carbocycles. The van der Waals surface area contributed by atoms with E-state index >= 15 is 0 Å². The minimum Gasteiger partial charge on any atom is -0.326 e. The molecule has 44 heavy (non-hydrogen) atoms. The maximum atomic E-state index is 10.7. The van der Waals surface area contributed by atoms with E-state index in [1.54, 1.807) is 36.7 Å². The van der Waals surface area contributed by atoms with Gasteiger partial charge in [-0.1, -0.05) is 53.7 Å². The van der Waals surface area contributed by atoms with E-state index in [1.807, 2.05) is 37.3 Å². The number of carbonyl (C=O) groups is 4. The van der Waals surface area contributed by atoms with Crippen molar-refractivity contribution >= 4 is 29.3 Å². The second-order valence-corrected chi connectivity index (χ2v) is 11.6. The standard InChI is InChI=1S/3C9H13NO.C9H11NO/c4*1-7-4-3-5-9(6-7)10-8(2)11/h3,5-6,9H,4H2,1-2H3,(H,10,11);3-4,6,9H,5H2,1-2H3,(H,10,11);3-5,9H,6H2,1-2H3,(H,10,11);3-6H,1-2H3,(H,10,11)/p+3. The van der Waals surface area contributed by atoms with Gasteiger partial charge in [-0.15, -0.1) is 0 Å². The molecule has 3 aliphatic carbocycles. The molecular formula is C36H53N4O4+3. The third-order valence-electron chi connectivity index (χ3n) is 6.50. The van der Waals surface area contributed by atoms with Gasteiger partial charge in [0, 0.05) is 25.5 Å². The van der Waals surface area contributed by atoms with Crippen molar-refractivity contribution in [3.05, 3.63) is 101 Å². The molecule has 0 fully saturated rings. The van der Waals surface area contributed by atoms with Crippen LogP contribution in [0.5, 0.6) is 0 Å². The lowest BCUT2D eigenvalue weighted by atomic mass is 10.0. The predicted molar refractivity (Wildman–Crippen MR) is 177 cm³/mol. The summed E-state index contributed by atoms with van der Waals surface area (Å²) in [5, 5.41) is 7.98. The molecule has 1 aromatic carbocycles. The van der Waals surface area contributed by atoms with E-state index in [0.717, 1.165) is 30.5 Å². The van der Waals surface area contributed by atoms with Crippen molar-refractivity contribution in [3.8, 4) is 0 Å². The monoisotopic (exact) mass is 605 g/mol. The smallest absolute Gasteiger partial charge is 0.308 e. The zero-order valence-corrected chi connectivity index (χ0v) is 27.7. The number of hydrogen-bond donors (Lipinski definition) is 4. The number of nitrogens with two attached hydrogens (primary N) is 3. The minimum absolute atomic E-state index is 0.0319. The molecule has 238 valence electrons. The van der Waals surface area contributed by atoms with E-state index < -0.39 is 0 Å². The Bertz CT molecular complexity index is 1310. The Morgan fingerprint density at radius 3 is 1.98 bits per heavy atom. The van der Waals surface area contributed by atoms with Crippen LogP contribution < -0.4 is 21.3 Å². The fourth-order valence-corrected chi connectivity index (χ4v) is 4.74. The summed E-state index contributed by atoms with van der Waals surface area (Å²) in [5.74, 6) is 0.435. The van der Waals surface area contributed by atoms with Crippen LogP contribution in [-0.4, -0.2) is 41.8 Å². The zero-order chi connectivity index (χ0) is 33.1. The zero-order valence-electron chi connectivity index (χ0n) is 27.7. The van der Waals surface area contributed by atoms with Gasteiger partial charge < -0.3 is 5.32 Å². The van der Waals surface area contributed by atoms with Crippen molar-refractivity contribution < 1.29 is 35.1 Å². The third kappa shape index (κ3) is 19.3. The van der Waals surface area contributed by atoms with Gasteiger partial charge in [0.1, 0.15) is 18.1 Å². The highest BCUT2D eigenvalue weighted by Crippen LogP contribution is 2.10. The van der Waals surface area contributed by atoms with Gasteiger partial charge in [-0.3, -0.25) is 20.7 Å². The number of hydrogen-bond acceptors (Lipinski definition) is 4. The van der Waals surface area contributed by atoms with Crippen LogP contribution in [0.4, 0.5) is 5.69 Å². The molecule has 0 spiro atoms. The van der Waals surface area contributed by atoms with Gasteiger partial charge in [-0.2, -0.15) is 0 Å². The van der Waals surface area contributed by atoms with E-state index in [2.05, 4.69) is 74.7 Å². The highest BCUT2D eigenvalue weighted by atomic mass is 16.2. The summed E-state index contributed by atoms with van der Waals surface area (Å²) >= 11 is 0. The molecule has 0 bridgehead atoms. The average molecular weight is 606 g/mol. The molecular weight excluding hydrogens is 552 g/mol. The third-order valence-corrected chi connectivity index (χ3v) is 6.50. The lowest BCUT2D eigenvalue weighted by Crippen LogP contribution is -2.92. The highest BCUT2D eigenvalue weighted by Gasteiger charge is 2.13. The van der Waals surface area contributed by atoms with Crippen LogP contribution in [0.3, 0.4) is 0 Å². The fraction of sp³-hybridized carbons (Fsp3) is 0.389. The van der Waals surface area contributed by atoms with E-state index in [4.69, 9.17) is 0 Å². The molecule has 0 heterocycles. The van der Waals surface area contributed by atoms with Gasteiger partial charge in [0.2, 0.25) is 5.91 Å². The second kappa shape index (κ2) is 20.8. The number of carbonyl (C=O) groups excluding carboxylic acids is 4. The number of anilines is 1. The van der Waals surface area contributed by atoms with E-state index in [9.17, 15) is 19.2 Å². The van der Waals surface area contributed by atoms with Crippen molar-refractivity contribution in [1.82, 2.24) is 0 Å². The molecule has 0 aromatic heterocycles. The summed E-state index contributed by atoms with van der Waals surface area (Å²) in [6.45, 7) is 14.5. The first kappa shape index (κ1) is 38.0. The van der Waals surface area contributed by atoms with Crippen LogP contribution >= 0.6 is 0 Å². The number of quaternary nitrogens is 3. The SMILES string of the molecule is CC(=O)Nc1cccc(C)c1.CC(=O)[NH2+]C1C=C(C)C=CC1.CC(=O)[NH2+]C1C=CC=C(C)C1.CC(=O)[NH2+]C1C=CCC(C)=C1. The van der Waals surface area contributed by atoms with Crippen LogP contribution in [-0.2, 0) is 19.2 Å². The van der Waals surface area contributed by atoms with Crippen LogP contribution in [0, 0.1) is 6.92 Å². The number of nitrogens with one attached hydrogen (secondary N) is 1. The first-order valence-corrected chi connectivity index (χ1v) is 15.2. The Balaban J connectivity index is 0.000000293. The fourth-order valence-electron chi connectivity index (χ4n) is 4.74. The number of aryl methyl sites for hydroxylation is 1. The molecule has 0 saturated heterocycles. The quantitative estimate of drug-likeness (QED) is 0.393. The van der Waals surface area contributed by atoms with Crippen LogP contribution in [0.1, 0.15) is 73.3 Å². The molecule has 8 heteroatoms. The van der Waals surface area contributed by atoms with Gasteiger partial charge in [0.05, 0.1) is 20.8 Å². The Hall–Kier alpha value is -3.98. The molecule has 8 nitrogen and oxygen atoms in total. The Kier molecular flexibility index (Phi) is 18.0. The van der Waals surface area contributed by atoms with Crippen LogP contribution in [0.15, 0.2) is 95.7 Å². The van der Waals surface area contributed by atoms with Crippen LogP contribution in [0.2, 0.25) is 0 Å². The summed E-state index contributed by atoms with van der Waals surface area (Å²) in [7, 11) is 0. The Labute approximate surface area is 263 Å². The largest absolute Gasteiger partial charge is 0.326 e. The molecule has 1 aromatic rings. The number of primary amides is 3. The molecule has 3 aliphatic rings. The number of amides is 4. The minimum atomic E-state index is -0.0319. The van der Waals surface area contributed by atoms with Crippen molar-refractivity contribution in [2.75, 3.05) is 5.32 Å². The van der Waals surface area contributed by atoms with Crippen molar-refractivity contribution in [1.29, 1.82) is 0 Å². The summed E-state index contributed by atoms with van der Waals surface area (Å²) in [6.07, 6.45) is 21.8.